The molecule has 5 nitrogen and oxygen atoms in total. The van der Waals surface area contributed by atoms with Gasteiger partial charge in [-0.3, -0.25) is 0 Å². The number of methoxy groups -OCH3 is 1. The summed E-state index contributed by atoms with van der Waals surface area (Å²) in [5.74, 6) is 0.0147. The first-order chi connectivity index (χ1) is 9.60. The lowest BCUT2D eigenvalue weighted by Crippen LogP contribution is -2.25. The number of aromatic carboxylic acids is 1. The molecule has 0 radical (unpaired) electrons. The van der Waals surface area contributed by atoms with Crippen LogP contribution in [-0.2, 0) is 11.3 Å². The number of nitrogens with zero attached hydrogens (tertiary/aromatic N) is 1. The van der Waals surface area contributed by atoms with E-state index in [1.54, 1.807) is 12.1 Å². The average molecular weight is 279 g/mol. The van der Waals surface area contributed by atoms with Crippen LogP contribution in [0.15, 0.2) is 18.2 Å². The smallest absolute Gasteiger partial charge is 0.339 e. The molecule has 2 rings (SSSR count). The first-order valence-corrected chi connectivity index (χ1v) is 6.76. The molecule has 1 unspecified atom stereocenters. The molecule has 1 N–H and O–H groups in total. The third-order valence-electron chi connectivity index (χ3n) is 3.54. The maximum Gasteiger partial charge on any atom is 0.339 e. The van der Waals surface area contributed by atoms with E-state index in [0.717, 1.165) is 38.3 Å². The Morgan fingerprint density at radius 3 is 2.95 bits per heavy atom. The van der Waals surface area contributed by atoms with Gasteiger partial charge in [-0.1, -0.05) is 6.07 Å². The average Bonchev–Trinajstić information content (AvgIpc) is 2.91. The second-order valence-corrected chi connectivity index (χ2v) is 5.27. The predicted octanol–water partition coefficient (Wildman–Crippen LogP) is 1.86. The summed E-state index contributed by atoms with van der Waals surface area (Å²) >= 11 is 0. The molecule has 0 saturated carbocycles. The van der Waals surface area contributed by atoms with Crippen LogP contribution in [0.4, 0.5) is 0 Å². The van der Waals surface area contributed by atoms with Crippen molar-refractivity contribution < 1.29 is 19.4 Å². The van der Waals surface area contributed by atoms with Gasteiger partial charge in [-0.25, -0.2) is 4.79 Å². The summed E-state index contributed by atoms with van der Waals surface area (Å²) in [6.07, 6.45) is 1.10. The Labute approximate surface area is 119 Å². The summed E-state index contributed by atoms with van der Waals surface area (Å²) in [5.41, 5.74) is 1.19. The summed E-state index contributed by atoms with van der Waals surface area (Å²) in [6.45, 7) is 3.37. The lowest BCUT2D eigenvalue weighted by Gasteiger charge is -2.20. The lowest BCUT2D eigenvalue weighted by molar-refractivity contribution is 0.0693. The van der Waals surface area contributed by atoms with Gasteiger partial charge in [-0.05, 0) is 37.1 Å². The molecule has 5 heteroatoms. The summed E-state index contributed by atoms with van der Waals surface area (Å²) in [6, 6.07) is 5.31. The zero-order chi connectivity index (χ0) is 14.5. The van der Waals surface area contributed by atoms with Crippen molar-refractivity contribution in [2.45, 2.75) is 13.0 Å². The molecule has 110 valence electrons. The maximum atomic E-state index is 11.2. The quantitative estimate of drug-likeness (QED) is 0.861. The van der Waals surface area contributed by atoms with Crippen LogP contribution in [0.5, 0.6) is 5.75 Å². The van der Waals surface area contributed by atoms with Gasteiger partial charge >= 0.3 is 5.97 Å². The number of carbonyl (C=O) groups is 1. The van der Waals surface area contributed by atoms with Crippen molar-refractivity contribution in [3.8, 4) is 5.75 Å². The Morgan fingerprint density at radius 1 is 1.55 bits per heavy atom. The van der Waals surface area contributed by atoms with E-state index in [9.17, 15) is 9.90 Å². The third-order valence-corrected chi connectivity index (χ3v) is 3.54. The van der Waals surface area contributed by atoms with Gasteiger partial charge in [0.05, 0.1) is 13.7 Å². The molecule has 0 spiro atoms. The number of benzene rings is 1. The van der Waals surface area contributed by atoms with Crippen molar-refractivity contribution in [1.29, 1.82) is 0 Å². The normalized spacial score (nSPS) is 18.4. The largest absolute Gasteiger partial charge is 0.496 e. The number of ether oxygens (including phenoxy) is 2. The molecule has 0 aliphatic carbocycles. The number of carboxylic acids is 1. The highest BCUT2D eigenvalue weighted by Gasteiger charge is 2.18. The molecule has 1 aliphatic heterocycles. The van der Waals surface area contributed by atoms with Crippen LogP contribution in [0.2, 0.25) is 0 Å². The zero-order valence-electron chi connectivity index (χ0n) is 12.0. The van der Waals surface area contributed by atoms with Crippen LogP contribution in [0.3, 0.4) is 0 Å². The topological polar surface area (TPSA) is 59.0 Å². The van der Waals surface area contributed by atoms with Crippen LogP contribution in [0.25, 0.3) is 0 Å². The second kappa shape index (κ2) is 6.72. The van der Waals surface area contributed by atoms with Gasteiger partial charge in [-0.2, -0.15) is 0 Å². The summed E-state index contributed by atoms with van der Waals surface area (Å²) < 4.78 is 10.4. The van der Waals surface area contributed by atoms with Gasteiger partial charge in [0, 0.05) is 19.7 Å². The van der Waals surface area contributed by atoms with Crippen LogP contribution < -0.4 is 4.74 Å². The highest BCUT2D eigenvalue weighted by molar-refractivity contribution is 5.91. The fraction of sp³-hybridized carbons (Fsp3) is 0.533. The molecule has 1 aromatic carbocycles. The zero-order valence-corrected chi connectivity index (χ0v) is 12.0. The van der Waals surface area contributed by atoms with E-state index in [1.165, 1.54) is 7.11 Å². The Hall–Kier alpha value is -1.59. The Kier molecular flexibility index (Phi) is 4.98. The Balaban J connectivity index is 2.01. The number of hydrogen-bond donors (Lipinski definition) is 1. The van der Waals surface area contributed by atoms with Gasteiger partial charge in [0.25, 0.3) is 0 Å². The van der Waals surface area contributed by atoms with Gasteiger partial charge in [-0.15, -0.1) is 0 Å². The minimum absolute atomic E-state index is 0.211. The van der Waals surface area contributed by atoms with E-state index in [4.69, 9.17) is 9.47 Å². The van der Waals surface area contributed by atoms with E-state index in [2.05, 4.69) is 4.90 Å². The third kappa shape index (κ3) is 3.71. The summed E-state index contributed by atoms with van der Waals surface area (Å²) in [7, 11) is 3.52. The van der Waals surface area contributed by atoms with Crippen molar-refractivity contribution in [2.24, 2.45) is 5.92 Å². The Morgan fingerprint density at radius 2 is 2.35 bits per heavy atom. The van der Waals surface area contributed by atoms with Crippen LogP contribution in [0.1, 0.15) is 22.3 Å². The molecule has 1 aliphatic rings. The summed E-state index contributed by atoms with van der Waals surface area (Å²) in [5, 5.41) is 9.18. The maximum absolute atomic E-state index is 11.2. The molecule has 1 fully saturated rings. The fourth-order valence-electron chi connectivity index (χ4n) is 2.56. The molecule has 1 heterocycles. The Bertz CT molecular complexity index is 469. The monoisotopic (exact) mass is 279 g/mol. The fourth-order valence-corrected chi connectivity index (χ4v) is 2.56. The molecule has 1 saturated heterocycles. The number of hydrogen-bond acceptors (Lipinski definition) is 4. The van der Waals surface area contributed by atoms with E-state index in [0.29, 0.717) is 11.7 Å². The second-order valence-electron chi connectivity index (χ2n) is 5.27. The minimum atomic E-state index is -0.962. The lowest BCUT2D eigenvalue weighted by atomic mass is 10.1. The van der Waals surface area contributed by atoms with Crippen LogP contribution >= 0.6 is 0 Å². The van der Waals surface area contributed by atoms with Crippen LogP contribution in [0, 0.1) is 5.92 Å². The van der Waals surface area contributed by atoms with E-state index in [-0.39, 0.29) is 5.56 Å². The van der Waals surface area contributed by atoms with E-state index in [1.807, 2.05) is 13.1 Å². The summed E-state index contributed by atoms with van der Waals surface area (Å²) in [4.78, 5) is 13.4. The molecule has 1 atom stereocenters. The van der Waals surface area contributed by atoms with E-state index < -0.39 is 5.97 Å². The minimum Gasteiger partial charge on any atom is -0.496 e. The molecule has 20 heavy (non-hydrogen) atoms. The molecule has 1 aromatic rings. The van der Waals surface area contributed by atoms with Gasteiger partial charge in [0.1, 0.15) is 11.3 Å². The molecule has 0 aromatic heterocycles. The molecular formula is C15H21NO4. The van der Waals surface area contributed by atoms with Gasteiger partial charge in [0.15, 0.2) is 0 Å². The highest BCUT2D eigenvalue weighted by atomic mass is 16.5. The van der Waals surface area contributed by atoms with Gasteiger partial charge in [0.2, 0.25) is 0 Å². The molecule has 0 amide bonds. The van der Waals surface area contributed by atoms with Crippen molar-refractivity contribution in [3.63, 3.8) is 0 Å². The van der Waals surface area contributed by atoms with Crippen molar-refractivity contribution in [1.82, 2.24) is 4.90 Å². The first kappa shape index (κ1) is 14.8. The first-order valence-electron chi connectivity index (χ1n) is 6.76. The highest BCUT2D eigenvalue weighted by Crippen LogP contribution is 2.21. The standard InChI is InChI=1S/C15H21NO4/c1-16(9-12-5-6-20-10-12)8-11-3-4-14(19-2)13(7-11)15(17)18/h3-4,7,12H,5-6,8-10H2,1-2H3,(H,17,18). The van der Waals surface area contributed by atoms with Crippen LogP contribution in [-0.4, -0.2) is 49.9 Å². The van der Waals surface area contributed by atoms with Crippen molar-refractivity contribution in [3.05, 3.63) is 29.3 Å². The van der Waals surface area contributed by atoms with Crippen molar-refractivity contribution in [2.75, 3.05) is 33.9 Å². The SMILES string of the molecule is COc1ccc(CN(C)CC2CCOC2)cc1C(=O)O. The predicted molar refractivity (Wildman–Crippen MR) is 75.2 cm³/mol. The number of carboxylic acid groups (broad SMARTS) is 1. The van der Waals surface area contributed by atoms with Crippen molar-refractivity contribution >= 4 is 5.97 Å². The van der Waals surface area contributed by atoms with Gasteiger partial charge < -0.3 is 19.5 Å². The molecular weight excluding hydrogens is 258 g/mol. The number of rotatable bonds is 6. The molecule has 0 bridgehead atoms. The van der Waals surface area contributed by atoms with E-state index >= 15 is 0 Å².